The number of carboxylic acids is 1. The molecule has 22 heavy (non-hydrogen) atoms. The third-order valence-corrected chi connectivity index (χ3v) is 4.87. The number of rotatable bonds is 4. The first-order chi connectivity index (χ1) is 9.87. The van der Waals surface area contributed by atoms with Gasteiger partial charge in [0.1, 0.15) is 11.7 Å². The molecular weight excluding hydrogens is 316 g/mol. The zero-order valence-electron chi connectivity index (χ0n) is 14.0. The van der Waals surface area contributed by atoms with Crippen LogP contribution < -0.4 is 5.11 Å². The summed E-state index contributed by atoms with van der Waals surface area (Å²) in [6.07, 6.45) is 0.295. The molecule has 5 heteroatoms. The molecule has 1 aromatic rings. The number of aliphatic carboxylic acids is 1. The zero-order valence-corrected chi connectivity index (χ0v) is 15.7. The van der Waals surface area contributed by atoms with Crippen LogP contribution in [0.15, 0.2) is 12.1 Å². The lowest BCUT2D eigenvalue weighted by Crippen LogP contribution is -2.36. The summed E-state index contributed by atoms with van der Waals surface area (Å²) in [5.41, 5.74) is 2.03. The third-order valence-electron chi connectivity index (χ3n) is 3.59. The van der Waals surface area contributed by atoms with Gasteiger partial charge in [-0.25, -0.2) is 0 Å². The summed E-state index contributed by atoms with van der Waals surface area (Å²) in [7, 11) is 0.863. The van der Waals surface area contributed by atoms with E-state index in [2.05, 4.69) is 0 Å². The van der Waals surface area contributed by atoms with Crippen molar-refractivity contribution in [1.29, 1.82) is 0 Å². The van der Waals surface area contributed by atoms with Crippen LogP contribution in [0.5, 0.6) is 5.75 Å². The van der Waals surface area contributed by atoms with Crippen LogP contribution in [-0.4, -0.2) is 16.3 Å². The second-order valence-corrected chi connectivity index (χ2v) is 8.99. The Bertz CT molecular complexity index is 546. The molecule has 0 aromatic heterocycles. The van der Waals surface area contributed by atoms with Crippen LogP contribution in [0.3, 0.4) is 0 Å². The first kappa shape index (κ1) is 19.0. The topological polar surface area (TPSA) is 60.4 Å². The molecule has 1 atom stereocenters. The molecule has 0 aliphatic heterocycles. The van der Waals surface area contributed by atoms with Crippen molar-refractivity contribution in [2.45, 2.75) is 64.0 Å². The van der Waals surface area contributed by atoms with Crippen LogP contribution in [-0.2, 0) is 43.6 Å². The molecule has 0 aliphatic rings. The standard InChI is InChI=1S/C17H24O3S2/c1-16(2,3)11-7-10(9-13(22-21)15(19)20)8-12(14(11)18)17(4,5)6/h7-8,13H,9H2,1-6H3,(H-,18,19,20). The van der Waals surface area contributed by atoms with E-state index in [-0.39, 0.29) is 10.8 Å². The van der Waals surface area contributed by atoms with E-state index in [4.69, 9.17) is 11.2 Å². The summed E-state index contributed by atoms with van der Waals surface area (Å²) in [4.78, 5) is 11.1. The third kappa shape index (κ3) is 4.46. The summed E-state index contributed by atoms with van der Waals surface area (Å²) in [6.45, 7) is 12.1. The minimum Gasteiger partial charge on any atom is -0.544 e. The van der Waals surface area contributed by atoms with Gasteiger partial charge in [0.15, 0.2) is 0 Å². The van der Waals surface area contributed by atoms with Crippen molar-refractivity contribution in [2.24, 2.45) is 0 Å². The van der Waals surface area contributed by atoms with Crippen molar-refractivity contribution in [2.75, 3.05) is 0 Å². The number of phenols is 1. The van der Waals surface area contributed by atoms with Gasteiger partial charge < -0.3 is 15.0 Å². The Morgan fingerprint density at radius 2 is 1.59 bits per heavy atom. The van der Waals surface area contributed by atoms with Crippen molar-refractivity contribution in [1.82, 2.24) is 0 Å². The minimum absolute atomic E-state index is 0.238. The number of carboxylic acid groups (broad SMARTS) is 1. The molecule has 0 bridgehead atoms. The number of phenolic OH excluding ortho intramolecular Hbond substituents is 1. The van der Waals surface area contributed by atoms with Gasteiger partial charge in [-0.15, -0.1) is 0 Å². The van der Waals surface area contributed by atoms with Gasteiger partial charge in [-0.3, -0.25) is 0 Å². The van der Waals surface area contributed by atoms with Gasteiger partial charge in [0.2, 0.25) is 5.25 Å². The van der Waals surface area contributed by atoms with Crippen molar-refractivity contribution >= 4 is 27.5 Å². The fourth-order valence-electron chi connectivity index (χ4n) is 2.33. The number of carbonyl (C=O) groups is 1. The van der Waals surface area contributed by atoms with Crippen LogP contribution >= 0.6 is 0 Å². The first-order valence-corrected chi connectivity index (χ1v) is 9.04. The van der Waals surface area contributed by atoms with Gasteiger partial charge >= 0.3 is 0 Å². The highest BCUT2D eigenvalue weighted by atomic mass is 32.8. The second-order valence-electron chi connectivity index (χ2n) is 7.65. The maximum Gasteiger partial charge on any atom is 0.280 e. The number of aromatic hydroxyl groups is 1. The van der Waals surface area contributed by atoms with E-state index >= 15 is 0 Å². The molecule has 0 amide bonds. The van der Waals surface area contributed by atoms with E-state index in [1.54, 1.807) is 0 Å². The van der Waals surface area contributed by atoms with E-state index < -0.39 is 11.2 Å². The van der Waals surface area contributed by atoms with E-state index in [0.29, 0.717) is 12.2 Å². The lowest BCUT2D eigenvalue weighted by Gasteiger charge is -2.28. The Labute approximate surface area is 141 Å². The summed E-state index contributed by atoms with van der Waals surface area (Å²) in [5, 5.41) is 21.0. The Hall–Kier alpha value is -1.07. The van der Waals surface area contributed by atoms with Gasteiger partial charge in [0, 0.05) is 6.42 Å². The smallest absolute Gasteiger partial charge is 0.280 e. The SMILES string of the molecule is CC(C)(C)c1cc(CC([S+]=S)C(=O)[O-])cc(C(C)(C)C)c1O. The molecule has 0 fully saturated rings. The molecule has 0 spiro atoms. The molecule has 0 heterocycles. The van der Waals surface area contributed by atoms with Crippen molar-refractivity contribution < 1.29 is 15.0 Å². The van der Waals surface area contributed by atoms with E-state index in [1.165, 1.54) is 0 Å². The molecule has 0 saturated carbocycles. The van der Waals surface area contributed by atoms with Gasteiger partial charge in [0.25, 0.3) is 21.5 Å². The summed E-state index contributed by atoms with van der Waals surface area (Å²) in [6, 6.07) is 3.76. The Morgan fingerprint density at radius 1 is 1.18 bits per heavy atom. The summed E-state index contributed by atoms with van der Waals surface area (Å²) >= 11 is 4.83. The van der Waals surface area contributed by atoms with Crippen LogP contribution in [0.4, 0.5) is 0 Å². The summed E-state index contributed by atoms with van der Waals surface area (Å²) in [5.74, 6) is -0.859. The molecule has 0 aliphatic carbocycles. The largest absolute Gasteiger partial charge is 0.544 e. The molecule has 1 rings (SSSR count). The second kappa shape index (κ2) is 6.59. The lowest BCUT2D eigenvalue weighted by atomic mass is 9.78. The molecule has 0 radical (unpaired) electrons. The molecular formula is C17H24O3S2. The quantitative estimate of drug-likeness (QED) is 0.854. The Kier molecular flexibility index (Phi) is 5.68. The van der Waals surface area contributed by atoms with Crippen LogP contribution in [0.1, 0.15) is 58.2 Å². The molecule has 1 unspecified atom stereocenters. The maximum absolute atomic E-state index is 11.1. The van der Waals surface area contributed by atoms with E-state index in [1.807, 2.05) is 53.7 Å². The minimum atomic E-state index is -1.15. The van der Waals surface area contributed by atoms with Crippen LogP contribution in [0.2, 0.25) is 0 Å². The number of benzene rings is 1. The van der Waals surface area contributed by atoms with Gasteiger partial charge in [-0.05, 0) is 27.5 Å². The van der Waals surface area contributed by atoms with E-state index in [9.17, 15) is 15.0 Å². The predicted molar refractivity (Wildman–Crippen MR) is 92.7 cm³/mol. The van der Waals surface area contributed by atoms with E-state index in [0.717, 1.165) is 27.0 Å². The van der Waals surface area contributed by atoms with Gasteiger partial charge in [0.05, 0.1) is 0 Å². The highest BCUT2D eigenvalue weighted by Crippen LogP contribution is 2.39. The molecule has 3 nitrogen and oxygen atoms in total. The molecule has 1 aromatic carbocycles. The average molecular weight is 341 g/mol. The Balaban J connectivity index is 3.48. The monoisotopic (exact) mass is 340 g/mol. The summed E-state index contributed by atoms with van der Waals surface area (Å²) < 4.78 is 0. The van der Waals surface area contributed by atoms with Gasteiger partial charge in [-0.2, -0.15) is 0 Å². The Morgan fingerprint density at radius 3 is 1.86 bits per heavy atom. The number of carbonyl (C=O) groups excluding carboxylic acids is 1. The fraction of sp³-hybridized carbons (Fsp3) is 0.588. The lowest BCUT2D eigenvalue weighted by molar-refractivity contribution is -0.304. The number of hydrogen-bond acceptors (Lipinski definition) is 4. The molecule has 0 saturated heterocycles. The normalized spacial score (nSPS) is 13.7. The fourth-order valence-corrected chi connectivity index (χ4v) is 3.11. The first-order valence-electron chi connectivity index (χ1n) is 7.24. The van der Waals surface area contributed by atoms with Crippen LogP contribution in [0.25, 0.3) is 0 Å². The zero-order chi connectivity index (χ0) is 17.3. The van der Waals surface area contributed by atoms with Crippen molar-refractivity contribution in [3.63, 3.8) is 0 Å². The predicted octanol–water partition coefficient (Wildman–Crippen LogP) is 2.19. The average Bonchev–Trinajstić information content (AvgIpc) is 2.34. The van der Waals surface area contributed by atoms with Crippen molar-refractivity contribution in [3.8, 4) is 5.75 Å². The van der Waals surface area contributed by atoms with Gasteiger partial charge in [-0.1, -0.05) is 53.7 Å². The molecule has 122 valence electrons. The maximum atomic E-state index is 11.1. The highest BCUT2D eigenvalue weighted by molar-refractivity contribution is 8.18. The van der Waals surface area contributed by atoms with Crippen molar-refractivity contribution in [3.05, 3.63) is 28.8 Å². The van der Waals surface area contributed by atoms with Crippen LogP contribution in [0, 0.1) is 0 Å². The highest BCUT2D eigenvalue weighted by Gasteiger charge is 2.28. The number of hydrogen-bond donors (Lipinski definition) is 1. The molecule has 1 N–H and O–H groups in total.